The van der Waals surface area contributed by atoms with Gasteiger partial charge in [-0.15, -0.1) is 0 Å². The lowest BCUT2D eigenvalue weighted by atomic mass is 9.99. The molecule has 6 heteroatoms. The second-order valence-electron chi connectivity index (χ2n) is 4.47. The van der Waals surface area contributed by atoms with Crippen molar-refractivity contribution in [2.24, 2.45) is 5.73 Å². The third kappa shape index (κ3) is 4.30. The van der Waals surface area contributed by atoms with E-state index in [1.165, 1.54) is 12.1 Å². The molecule has 0 bridgehead atoms. The highest BCUT2D eigenvalue weighted by Crippen LogP contribution is 2.29. The molecule has 2 rings (SSSR count). The van der Waals surface area contributed by atoms with Crippen molar-refractivity contribution in [3.8, 4) is 5.75 Å². The Hall–Kier alpha value is -1.36. The smallest absolute Gasteiger partial charge is 0.387 e. The average Bonchev–Trinajstić information content (AvgIpc) is 2.43. The van der Waals surface area contributed by atoms with Crippen molar-refractivity contribution in [3.63, 3.8) is 0 Å². The fourth-order valence-electron chi connectivity index (χ4n) is 1.98. The van der Waals surface area contributed by atoms with Crippen LogP contribution in [0, 0.1) is 0 Å². The Morgan fingerprint density at radius 2 is 1.81 bits per heavy atom. The molecule has 0 aliphatic rings. The van der Waals surface area contributed by atoms with Gasteiger partial charge in [0.1, 0.15) is 5.75 Å². The van der Waals surface area contributed by atoms with Crippen LogP contribution in [0.5, 0.6) is 5.75 Å². The van der Waals surface area contributed by atoms with Gasteiger partial charge in [0.05, 0.1) is 10.0 Å². The number of hydrogen-bond donors (Lipinski definition) is 1. The van der Waals surface area contributed by atoms with E-state index in [0.29, 0.717) is 22.0 Å². The quantitative estimate of drug-likeness (QED) is 0.850. The van der Waals surface area contributed by atoms with Gasteiger partial charge in [-0.3, -0.25) is 0 Å². The summed E-state index contributed by atoms with van der Waals surface area (Å²) >= 11 is 12.1. The van der Waals surface area contributed by atoms with E-state index in [-0.39, 0.29) is 5.75 Å². The van der Waals surface area contributed by atoms with E-state index < -0.39 is 12.7 Å². The third-order valence-corrected chi connectivity index (χ3v) is 3.84. The molecule has 0 aromatic heterocycles. The number of halogens is 4. The zero-order chi connectivity index (χ0) is 15.4. The molecule has 2 N–H and O–H groups in total. The minimum Gasteiger partial charge on any atom is -0.435 e. The van der Waals surface area contributed by atoms with Gasteiger partial charge < -0.3 is 10.5 Å². The van der Waals surface area contributed by atoms with Crippen LogP contribution >= 0.6 is 23.2 Å². The molecule has 21 heavy (non-hydrogen) atoms. The van der Waals surface area contributed by atoms with Gasteiger partial charge >= 0.3 is 6.61 Å². The summed E-state index contributed by atoms with van der Waals surface area (Å²) < 4.78 is 28.8. The zero-order valence-corrected chi connectivity index (χ0v) is 12.4. The Bertz CT molecular complexity index is 622. The fourth-order valence-corrected chi connectivity index (χ4v) is 2.38. The molecule has 0 heterocycles. The van der Waals surface area contributed by atoms with E-state index in [0.717, 1.165) is 5.56 Å². The SMILES string of the molecule is NC(Cc1cccc(Cl)c1Cl)c1cccc(OC(F)F)c1. The normalized spacial score (nSPS) is 12.5. The lowest BCUT2D eigenvalue weighted by Gasteiger charge is -2.15. The van der Waals surface area contributed by atoms with E-state index in [9.17, 15) is 8.78 Å². The highest BCUT2D eigenvalue weighted by atomic mass is 35.5. The highest BCUT2D eigenvalue weighted by Gasteiger charge is 2.13. The average molecular weight is 332 g/mol. The van der Waals surface area contributed by atoms with E-state index >= 15 is 0 Å². The van der Waals surface area contributed by atoms with Crippen LogP contribution in [-0.2, 0) is 6.42 Å². The predicted molar refractivity (Wildman–Crippen MR) is 80.2 cm³/mol. The first-order valence-corrected chi connectivity index (χ1v) is 6.96. The van der Waals surface area contributed by atoms with E-state index in [1.807, 2.05) is 6.07 Å². The molecule has 0 spiro atoms. The van der Waals surface area contributed by atoms with Gasteiger partial charge in [-0.1, -0.05) is 47.5 Å². The Balaban J connectivity index is 2.16. The molecule has 2 aromatic carbocycles. The number of ether oxygens (including phenoxy) is 1. The van der Waals surface area contributed by atoms with Crippen molar-refractivity contribution in [1.82, 2.24) is 0 Å². The van der Waals surface area contributed by atoms with E-state index in [2.05, 4.69) is 4.74 Å². The number of benzene rings is 2. The van der Waals surface area contributed by atoms with Gasteiger partial charge in [-0.2, -0.15) is 8.78 Å². The first-order valence-electron chi connectivity index (χ1n) is 6.20. The second-order valence-corrected chi connectivity index (χ2v) is 5.26. The largest absolute Gasteiger partial charge is 0.435 e. The molecule has 0 fully saturated rings. The Labute approximate surface area is 131 Å². The van der Waals surface area contributed by atoms with Gasteiger partial charge in [-0.25, -0.2) is 0 Å². The minimum absolute atomic E-state index is 0.0788. The van der Waals surface area contributed by atoms with Crippen molar-refractivity contribution in [2.75, 3.05) is 0 Å². The van der Waals surface area contributed by atoms with Gasteiger partial charge in [-0.05, 0) is 35.7 Å². The summed E-state index contributed by atoms with van der Waals surface area (Å²) in [4.78, 5) is 0. The van der Waals surface area contributed by atoms with Gasteiger partial charge in [0, 0.05) is 6.04 Å². The molecule has 1 unspecified atom stereocenters. The van der Waals surface area contributed by atoms with Gasteiger partial charge in [0.15, 0.2) is 0 Å². The summed E-state index contributed by atoms with van der Waals surface area (Å²) in [5.74, 6) is 0.0788. The molecule has 0 saturated carbocycles. The summed E-state index contributed by atoms with van der Waals surface area (Å²) in [6, 6.07) is 11.2. The van der Waals surface area contributed by atoms with Crippen LogP contribution in [0.3, 0.4) is 0 Å². The van der Waals surface area contributed by atoms with Crippen molar-refractivity contribution in [1.29, 1.82) is 0 Å². The zero-order valence-electron chi connectivity index (χ0n) is 10.9. The molecule has 0 radical (unpaired) electrons. The highest BCUT2D eigenvalue weighted by molar-refractivity contribution is 6.42. The third-order valence-electron chi connectivity index (χ3n) is 2.98. The van der Waals surface area contributed by atoms with Crippen molar-refractivity contribution >= 4 is 23.2 Å². The standard InChI is InChI=1S/C15H13Cl2F2NO/c16-12-6-2-4-10(14(12)17)8-13(20)9-3-1-5-11(7-9)21-15(18)19/h1-7,13,15H,8,20H2. The number of nitrogens with two attached hydrogens (primary N) is 1. The molecule has 1 atom stereocenters. The van der Waals surface area contributed by atoms with Gasteiger partial charge in [0.25, 0.3) is 0 Å². The maximum Gasteiger partial charge on any atom is 0.387 e. The molecule has 2 nitrogen and oxygen atoms in total. The summed E-state index contributed by atoms with van der Waals surface area (Å²) in [6.45, 7) is -2.86. The molecule has 0 saturated heterocycles. The van der Waals surface area contributed by atoms with Crippen LogP contribution in [-0.4, -0.2) is 6.61 Å². The van der Waals surface area contributed by atoms with Crippen LogP contribution in [0.1, 0.15) is 17.2 Å². The molecular weight excluding hydrogens is 319 g/mol. The first kappa shape index (κ1) is 16.0. The molecule has 0 aliphatic heterocycles. The molecule has 0 amide bonds. The van der Waals surface area contributed by atoms with Crippen LogP contribution in [0.25, 0.3) is 0 Å². The Morgan fingerprint density at radius 1 is 1.10 bits per heavy atom. The van der Waals surface area contributed by atoms with Gasteiger partial charge in [0.2, 0.25) is 0 Å². The van der Waals surface area contributed by atoms with E-state index in [1.54, 1.807) is 24.3 Å². The van der Waals surface area contributed by atoms with Crippen LogP contribution in [0.15, 0.2) is 42.5 Å². The monoisotopic (exact) mass is 331 g/mol. The van der Waals surface area contributed by atoms with Crippen molar-refractivity contribution in [2.45, 2.75) is 19.1 Å². The summed E-state index contributed by atoms with van der Waals surface area (Å²) in [7, 11) is 0. The maximum absolute atomic E-state index is 12.2. The summed E-state index contributed by atoms with van der Waals surface area (Å²) in [5.41, 5.74) is 7.59. The molecular formula is C15H13Cl2F2NO. The molecule has 0 aliphatic carbocycles. The Kier molecular flexibility index (Phi) is 5.39. The number of alkyl halides is 2. The van der Waals surface area contributed by atoms with Crippen molar-refractivity contribution < 1.29 is 13.5 Å². The second kappa shape index (κ2) is 7.07. The first-order chi connectivity index (χ1) is 9.97. The molecule has 2 aromatic rings. The van der Waals surface area contributed by atoms with Crippen molar-refractivity contribution in [3.05, 3.63) is 63.6 Å². The van der Waals surface area contributed by atoms with E-state index in [4.69, 9.17) is 28.9 Å². The fraction of sp³-hybridized carbons (Fsp3) is 0.200. The van der Waals surface area contributed by atoms with Crippen LogP contribution in [0.2, 0.25) is 10.0 Å². The summed E-state index contributed by atoms with van der Waals surface area (Å²) in [5, 5.41) is 0.908. The summed E-state index contributed by atoms with van der Waals surface area (Å²) in [6.07, 6.45) is 0.442. The van der Waals surface area contributed by atoms with Crippen LogP contribution < -0.4 is 10.5 Å². The number of rotatable bonds is 5. The lowest BCUT2D eigenvalue weighted by Crippen LogP contribution is -2.14. The minimum atomic E-state index is -2.86. The Morgan fingerprint density at radius 3 is 2.52 bits per heavy atom. The topological polar surface area (TPSA) is 35.2 Å². The molecule has 112 valence electrons. The lowest BCUT2D eigenvalue weighted by molar-refractivity contribution is -0.0498. The number of hydrogen-bond acceptors (Lipinski definition) is 2. The predicted octanol–water partition coefficient (Wildman–Crippen LogP) is 4.84. The maximum atomic E-state index is 12.2. The van der Waals surface area contributed by atoms with Crippen LogP contribution in [0.4, 0.5) is 8.78 Å².